The van der Waals surface area contributed by atoms with Crippen LogP contribution < -0.4 is 20.7 Å². The monoisotopic (exact) mass is 384 g/mol. The van der Waals surface area contributed by atoms with Crippen LogP contribution in [0.25, 0.3) is 0 Å². The summed E-state index contributed by atoms with van der Waals surface area (Å²) in [6.07, 6.45) is 2.29. The minimum absolute atomic E-state index is 0.460. The average Bonchev–Trinajstić information content (AvgIpc) is 3.43. The number of methoxy groups -OCH3 is 1. The van der Waals surface area contributed by atoms with Gasteiger partial charge < -0.3 is 15.4 Å². The molecule has 1 heterocycles. The molecule has 0 aliphatic heterocycles. The molecule has 142 valence electrons. The van der Waals surface area contributed by atoms with Crippen LogP contribution in [0.5, 0.6) is 5.75 Å². The molecule has 27 heavy (non-hydrogen) atoms. The summed E-state index contributed by atoms with van der Waals surface area (Å²) in [5.74, 6) is 1.79. The molecular formula is C19H24N6OS. The Morgan fingerprint density at radius 1 is 1.22 bits per heavy atom. The van der Waals surface area contributed by atoms with Crippen molar-refractivity contribution in [2.75, 3.05) is 12.4 Å². The molecule has 0 atom stereocenters. The van der Waals surface area contributed by atoms with E-state index in [4.69, 9.17) is 17.0 Å². The zero-order valence-electron chi connectivity index (χ0n) is 15.7. The first-order valence-electron chi connectivity index (χ1n) is 8.86. The van der Waals surface area contributed by atoms with Gasteiger partial charge in [0, 0.05) is 17.4 Å². The van der Waals surface area contributed by atoms with Crippen molar-refractivity contribution in [1.82, 2.24) is 20.6 Å². The predicted molar refractivity (Wildman–Crippen MR) is 111 cm³/mol. The number of nitrogens with zero attached hydrogens (tertiary/aromatic N) is 3. The zero-order chi connectivity index (χ0) is 19.2. The molecule has 1 fully saturated rings. The van der Waals surface area contributed by atoms with E-state index in [2.05, 4.69) is 30.9 Å². The summed E-state index contributed by atoms with van der Waals surface area (Å²) >= 11 is 5.38. The molecular weight excluding hydrogens is 360 g/mol. The smallest absolute Gasteiger partial charge is 0.229 e. The fraction of sp³-hybridized carbons (Fsp3) is 0.368. The maximum atomic E-state index is 5.38. The van der Waals surface area contributed by atoms with E-state index >= 15 is 0 Å². The van der Waals surface area contributed by atoms with E-state index in [1.165, 1.54) is 0 Å². The van der Waals surface area contributed by atoms with E-state index in [0.29, 0.717) is 29.6 Å². The van der Waals surface area contributed by atoms with Crippen molar-refractivity contribution in [3.05, 3.63) is 47.3 Å². The predicted octanol–water partition coefficient (Wildman–Crippen LogP) is 2.70. The van der Waals surface area contributed by atoms with Crippen molar-refractivity contribution in [2.45, 2.75) is 39.3 Å². The minimum Gasteiger partial charge on any atom is -0.497 e. The van der Waals surface area contributed by atoms with Crippen LogP contribution in [0.15, 0.2) is 35.3 Å². The normalized spacial score (nSPS) is 13.8. The zero-order valence-corrected chi connectivity index (χ0v) is 16.6. The fourth-order valence-electron chi connectivity index (χ4n) is 2.50. The first-order valence-corrected chi connectivity index (χ1v) is 9.27. The third-order valence-electron chi connectivity index (χ3n) is 3.91. The maximum Gasteiger partial charge on any atom is 0.229 e. The van der Waals surface area contributed by atoms with E-state index in [9.17, 15) is 0 Å². The van der Waals surface area contributed by atoms with Gasteiger partial charge in [-0.15, -0.1) is 0 Å². The van der Waals surface area contributed by atoms with Gasteiger partial charge in [-0.1, -0.05) is 12.1 Å². The number of benzene rings is 1. The SMILES string of the molecule is COc1cccc(CN=C(NC(=S)NC2CC2)Nc2nc(C)cc(C)n2)c1. The summed E-state index contributed by atoms with van der Waals surface area (Å²) in [5.41, 5.74) is 2.80. The lowest BCUT2D eigenvalue weighted by molar-refractivity contribution is 0.414. The number of aryl methyl sites for hydroxylation is 2. The Morgan fingerprint density at radius 3 is 2.63 bits per heavy atom. The summed E-state index contributed by atoms with van der Waals surface area (Å²) in [7, 11) is 1.65. The van der Waals surface area contributed by atoms with Gasteiger partial charge in [0.05, 0.1) is 13.7 Å². The Labute approximate surface area is 164 Å². The maximum absolute atomic E-state index is 5.38. The van der Waals surface area contributed by atoms with Gasteiger partial charge in [0.15, 0.2) is 5.11 Å². The molecule has 0 bridgehead atoms. The lowest BCUT2D eigenvalue weighted by atomic mass is 10.2. The van der Waals surface area contributed by atoms with Crippen molar-refractivity contribution in [3.8, 4) is 5.75 Å². The lowest BCUT2D eigenvalue weighted by Gasteiger charge is -2.14. The van der Waals surface area contributed by atoms with Gasteiger partial charge in [-0.3, -0.25) is 5.32 Å². The van der Waals surface area contributed by atoms with Crippen molar-refractivity contribution >= 4 is 29.2 Å². The van der Waals surface area contributed by atoms with E-state index < -0.39 is 0 Å². The molecule has 1 saturated carbocycles. The van der Waals surface area contributed by atoms with Crippen molar-refractivity contribution in [1.29, 1.82) is 0 Å². The lowest BCUT2D eigenvalue weighted by Crippen LogP contribution is -2.43. The quantitative estimate of drug-likeness (QED) is 0.415. The molecule has 3 rings (SSSR count). The van der Waals surface area contributed by atoms with E-state index in [-0.39, 0.29) is 0 Å². The highest BCUT2D eigenvalue weighted by atomic mass is 32.1. The van der Waals surface area contributed by atoms with Gasteiger partial charge in [-0.05, 0) is 62.7 Å². The Morgan fingerprint density at radius 2 is 1.96 bits per heavy atom. The Balaban J connectivity index is 1.75. The number of rotatable bonds is 5. The largest absolute Gasteiger partial charge is 0.497 e. The number of guanidine groups is 1. The molecule has 1 aliphatic rings. The molecule has 0 spiro atoms. The molecule has 0 radical (unpaired) electrons. The van der Waals surface area contributed by atoms with Crippen LogP contribution >= 0.6 is 12.2 Å². The molecule has 1 aromatic heterocycles. The van der Waals surface area contributed by atoms with Gasteiger partial charge in [0.2, 0.25) is 11.9 Å². The third kappa shape index (κ3) is 6.18. The molecule has 1 aromatic carbocycles. The molecule has 2 aromatic rings. The standard InChI is InChI=1S/C19H24N6OS/c1-12-9-13(2)22-18(21-12)24-17(25-19(27)23-15-7-8-15)20-11-14-5-4-6-16(10-14)26-3/h4-6,9-10,15H,7-8,11H2,1-3H3,(H3,20,21,22,23,24,25,27). The van der Waals surface area contributed by atoms with Crippen LogP contribution in [-0.4, -0.2) is 34.2 Å². The summed E-state index contributed by atoms with van der Waals surface area (Å²) in [4.78, 5) is 13.4. The minimum atomic E-state index is 0.460. The molecule has 8 heteroatoms. The highest BCUT2D eigenvalue weighted by molar-refractivity contribution is 7.80. The fourth-order valence-corrected chi connectivity index (χ4v) is 2.76. The van der Waals surface area contributed by atoms with Crippen molar-refractivity contribution in [3.63, 3.8) is 0 Å². The van der Waals surface area contributed by atoms with Crippen molar-refractivity contribution in [2.24, 2.45) is 4.99 Å². The second-order valence-corrected chi connectivity index (χ2v) is 6.90. The first-order chi connectivity index (χ1) is 13.0. The molecule has 7 nitrogen and oxygen atoms in total. The van der Waals surface area contributed by atoms with Crippen LogP contribution in [0.1, 0.15) is 29.8 Å². The summed E-state index contributed by atoms with van der Waals surface area (Å²) in [6.45, 7) is 4.32. The second kappa shape index (κ2) is 8.77. The molecule has 1 aliphatic carbocycles. The average molecular weight is 385 g/mol. The van der Waals surface area contributed by atoms with Gasteiger partial charge in [-0.25, -0.2) is 15.0 Å². The first kappa shape index (κ1) is 19.0. The van der Waals surface area contributed by atoms with Gasteiger partial charge in [0.1, 0.15) is 5.75 Å². The summed E-state index contributed by atoms with van der Waals surface area (Å²) in [5, 5.41) is 10.1. The highest BCUT2D eigenvalue weighted by Crippen LogP contribution is 2.18. The number of aromatic nitrogens is 2. The summed E-state index contributed by atoms with van der Waals surface area (Å²) in [6, 6.07) is 10.2. The Bertz CT molecular complexity index is 830. The van der Waals surface area contributed by atoms with E-state index in [1.54, 1.807) is 7.11 Å². The number of anilines is 1. The third-order valence-corrected chi connectivity index (χ3v) is 4.13. The van der Waals surface area contributed by atoms with Crippen molar-refractivity contribution < 1.29 is 4.74 Å². The van der Waals surface area contributed by atoms with Crippen LogP contribution in [0, 0.1) is 13.8 Å². The number of hydrogen-bond acceptors (Lipinski definition) is 5. The second-order valence-electron chi connectivity index (χ2n) is 6.49. The summed E-state index contributed by atoms with van der Waals surface area (Å²) < 4.78 is 5.27. The van der Waals surface area contributed by atoms with Gasteiger partial charge >= 0.3 is 0 Å². The van der Waals surface area contributed by atoms with Crippen LogP contribution in [0.3, 0.4) is 0 Å². The number of aliphatic imine (C=N–C) groups is 1. The van der Waals surface area contributed by atoms with Crippen LogP contribution in [0.2, 0.25) is 0 Å². The number of ether oxygens (including phenoxy) is 1. The van der Waals surface area contributed by atoms with Crippen LogP contribution in [0.4, 0.5) is 5.95 Å². The highest BCUT2D eigenvalue weighted by Gasteiger charge is 2.22. The molecule has 0 saturated heterocycles. The topological polar surface area (TPSA) is 83.5 Å². The van der Waals surface area contributed by atoms with E-state index in [1.807, 2.05) is 44.2 Å². The molecule has 0 unspecified atom stereocenters. The Hall–Kier alpha value is -2.74. The van der Waals surface area contributed by atoms with Gasteiger partial charge in [-0.2, -0.15) is 0 Å². The number of nitrogens with one attached hydrogen (secondary N) is 3. The number of thiocarbonyl (C=S) groups is 1. The van der Waals surface area contributed by atoms with E-state index in [0.717, 1.165) is 35.5 Å². The molecule has 0 amide bonds. The van der Waals surface area contributed by atoms with Crippen LogP contribution in [-0.2, 0) is 6.54 Å². The number of hydrogen-bond donors (Lipinski definition) is 3. The molecule has 3 N–H and O–H groups in total. The van der Waals surface area contributed by atoms with Gasteiger partial charge in [0.25, 0.3) is 0 Å². The Kier molecular flexibility index (Phi) is 6.18.